The number of carbonyl (C=O) groups is 3. The Morgan fingerprint density at radius 2 is 2.00 bits per heavy atom. The Morgan fingerprint density at radius 1 is 1.17 bits per heavy atom. The number of para-hydroxylation sites is 1. The number of nitrogens with one attached hydrogen (secondary N) is 2. The zero-order valence-electron chi connectivity index (χ0n) is 16.4. The summed E-state index contributed by atoms with van der Waals surface area (Å²) in [6.07, 6.45) is 2.59. The number of rotatable bonds is 4. The first kappa shape index (κ1) is 20.0. The Bertz CT molecular complexity index is 1110. The van der Waals surface area contributed by atoms with E-state index in [1.165, 1.54) is 11.3 Å². The Balaban J connectivity index is 1.47. The van der Waals surface area contributed by atoms with Crippen molar-refractivity contribution in [3.05, 3.63) is 63.5 Å². The molecule has 7 nitrogen and oxygen atoms in total. The Labute approximate surface area is 177 Å². The number of aryl methyl sites for hydroxylation is 1. The van der Waals surface area contributed by atoms with E-state index < -0.39 is 24.4 Å². The van der Waals surface area contributed by atoms with Crippen molar-refractivity contribution in [3.63, 3.8) is 0 Å². The number of fused-ring (bicyclic) bond motifs is 2. The first-order valence-corrected chi connectivity index (χ1v) is 10.6. The van der Waals surface area contributed by atoms with Crippen LogP contribution in [0.5, 0.6) is 0 Å². The van der Waals surface area contributed by atoms with Crippen molar-refractivity contribution in [1.29, 1.82) is 0 Å². The van der Waals surface area contributed by atoms with E-state index in [1.807, 2.05) is 24.3 Å². The minimum atomic E-state index is -0.617. The summed E-state index contributed by atoms with van der Waals surface area (Å²) >= 11 is 1.26. The molecule has 2 N–H and O–H groups in total. The van der Waals surface area contributed by atoms with Gasteiger partial charge in [0.2, 0.25) is 0 Å². The van der Waals surface area contributed by atoms with Gasteiger partial charge in [0.05, 0.1) is 16.0 Å². The molecule has 0 bridgehead atoms. The van der Waals surface area contributed by atoms with Gasteiger partial charge in [-0.25, -0.2) is 4.79 Å². The van der Waals surface area contributed by atoms with Crippen LogP contribution in [0.1, 0.15) is 44.6 Å². The fourth-order valence-electron chi connectivity index (χ4n) is 3.63. The molecule has 0 fully saturated rings. The number of nitrogens with zero attached hydrogens (tertiary/aromatic N) is 1. The number of benzene rings is 1. The molecule has 4 rings (SSSR count). The molecule has 0 saturated heterocycles. The number of hydrogen-bond acceptors (Lipinski definition) is 6. The Kier molecular flexibility index (Phi) is 5.76. The van der Waals surface area contributed by atoms with Gasteiger partial charge in [0.1, 0.15) is 0 Å². The number of ether oxygens (including phenoxy) is 1. The fraction of sp³-hybridized carbons (Fsp3) is 0.273. The molecule has 30 heavy (non-hydrogen) atoms. The molecule has 0 radical (unpaired) electrons. The van der Waals surface area contributed by atoms with Crippen LogP contribution in [0.15, 0.2) is 41.8 Å². The first-order valence-electron chi connectivity index (χ1n) is 9.73. The number of thiophene rings is 1. The third kappa shape index (κ3) is 4.18. The second-order valence-electron chi connectivity index (χ2n) is 7.33. The van der Waals surface area contributed by atoms with E-state index in [4.69, 9.17) is 9.72 Å². The lowest BCUT2D eigenvalue weighted by molar-refractivity contribution is -0.125. The lowest BCUT2D eigenvalue weighted by Gasteiger charge is -2.24. The maximum absolute atomic E-state index is 13.0. The molecular weight excluding hydrogens is 402 g/mol. The number of carbonyl (C=O) groups excluding carboxylic acids is 3. The van der Waals surface area contributed by atoms with Gasteiger partial charge in [-0.05, 0) is 48.3 Å². The number of pyridine rings is 1. The van der Waals surface area contributed by atoms with Crippen molar-refractivity contribution in [2.75, 3.05) is 6.61 Å². The molecule has 154 valence electrons. The zero-order chi connectivity index (χ0) is 21.1. The highest BCUT2D eigenvalue weighted by atomic mass is 32.1. The summed E-state index contributed by atoms with van der Waals surface area (Å²) in [5.41, 5.74) is 7.62. The van der Waals surface area contributed by atoms with Crippen LogP contribution >= 0.6 is 11.3 Å². The van der Waals surface area contributed by atoms with E-state index in [-0.39, 0.29) is 0 Å². The summed E-state index contributed by atoms with van der Waals surface area (Å²) in [4.78, 5) is 42.1. The quantitative estimate of drug-likeness (QED) is 0.497. The van der Waals surface area contributed by atoms with Gasteiger partial charge in [0.15, 0.2) is 6.61 Å². The standard InChI is InChI=1S/C22H21N3O4S/c1-13-8-9-17-15(11-13)20(14-5-2-3-6-16(14)23-17)22(28)29-12-19(26)24-25-21(27)18-7-4-10-30-18/h2-7,10,13H,8-9,11-12H2,1H3,(H,24,26)(H,25,27)/t13-/m1/s1. The molecule has 2 heterocycles. The van der Waals surface area contributed by atoms with Gasteiger partial charge < -0.3 is 4.74 Å². The summed E-state index contributed by atoms with van der Waals surface area (Å²) < 4.78 is 5.29. The summed E-state index contributed by atoms with van der Waals surface area (Å²) in [6.45, 7) is 1.65. The predicted molar refractivity (Wildman–Crippen MR) is 113 cm³/mol. The topological polar surface area (TPSA) is 97.4 Å². The maximum atomic E-state index is 13.0. The summed E-state index contributed by atoms with van der Waals surface area (Å²) in [7, 11) is 0. The van der Waals surface area contributed by atoms with Crippen molar-refractivity contribution in [3.8, 4) is 0 Å². The van der Waals surface area contributed by atoms with Crippen LogP contribution in [-0.4, -0.2) is 29.4 Å². The van der Waals surface area contributed by atoms with Crippen molar-refractivity contribution >= 4 is 40.0 Å². The van der Waals surface area contributed by atoms with E-state index in [1.54, 1.807) is 17.5 Å². The summed E-state index contributed by atoms with van der Waals surface area (Å²) in [5, 5.41) is 2.49. The highest BCUT2D eigenvalue weighted by molar-refractivity contribution is 7.12. The van der Waals surface area contributed by atoms with Gasteiger partial charge in [-0.2, -0.15) is 0 Å². The van der Waals surface area contributed by atoms with Crippen LogP contribution in [0, 0.1) is 5.92 Å². The molecule has 1 atom stereocenters. The molecule has 8 heteroatoms. The van der Waals surface area contributed by atoms with E-state index in [0.29, 0.717) is 16.4 Å². The SMILES string of the molecule is C[C@@H]1CCc2nc3ccccc3c(C(=O)OCC(=O)NNC(=O)c3cccs3)c2C1. The molecule has 1 aliphatic carbocycles. The van der Waals surface area contributed by atoms with Crippen LogP contribution < -0.4 is 10.9 Å². The van der Waals surface area contributed by atoms with Crippen LogP contribution in [-0.2, 0) is 22.4 Å². The van der Waals surface area contributed by atoms with Crippen molar-refractivity contribution in [2.24, 2.45) is 5.92 Å². The Morgan fingerprint density at radius 3 is 2.80 bits per heavy atom. The number of hydrazine groups is 1. The van der Waals surface area contributed by atoms with E-state index in [9.17, 15) is 14.4 Å². The minimum absolute atomic E-state index is 0.423. The smallest absolute Gasteiger partial charge is 0.339 e. The van der Waals surface area contributed by atoms with Gasteiger partial charge >= 0.3 is 5.97 Å². The molecule has 0 saturated carbocycles. The van der Waals surface area contributed by atoms with Crippen LogP contribution in [0.2, 0.25) is 0 Å². The van der Waals surface area contributed by atoms with E-state index >= 15 is 0 Å². The second-order valence-corrected chi connectivity index (χ2v) is 8.28. The lowest BCUT2D eigenvalue weighted by Crippen LogP contribution is -2.43. The zero-order valence-corrected chi connectivity index (χ0v) is 17.3. The Hall–Kier alpha value is -3.26. The molecule has 0 spiro atoms. The minimum Gasteiger partial charge on any atom is -0.452 e. The maximum Gasteiger partial charge on any atom is 0.339 e. The van der Waals surface area contributed by atoms with E-state index in [0.717, 1.165) is 41.4 Å². The highest BCUT2D eigenvalue weighted by Crippen LogP contribution is 2.31. The predicted octanol–water partition coefficient (Wildman–Crippen LogP) is 3.04. The van der Waals surface area contributed by atoms with Crippen LogP contribution in [0.3, 0.4) is 0 Å². The van der Waals surface area contributed by atoms with Crippen LogP contribution in [0.4, 0.5) is 0 Å². The van der Waals surface area contributed by atoms with Gasteiger partial charge in [-0.3, -0.25) is 25.4 Å². The van der Waals surface area contributed by atoms with Gasteiger partial charge in [0, 0.05) is 11.1 Å². The number of esters is 1. The second kappa shape index (κ2) is 8.62. The monoisotopic (exact) mass is 423 g/mol. The number of hydrogen-bond donors (Lipinski definition) is 2. The van der Waals surface area contributed by atoms with Gasteiger partial charge in [0.25, 0.3) is 11.8 Å². The molecule has 0 unspecified atom stereocenters. The van der Waals surface area contributed by atoms with Gasteiger partial charge in [-0.1, -0.05) is 31.2 Å². The molecule has 1 aromatic carbocycles. The normalized spacial score (nSPS) is 15.3. The average Bonchev–Trinajstić information content (AvgIpc) is 3.29. The summed E-state index contributed by atoms with van der Waals surface area (Å²) in [6, 6.07) is 10.8. The molecule has 1 aliphatic rings. The average molecular weight is 423 g/mol. The number of aromatic nitrogens is 1. The molecule has 2 aromatic heterocycles. The van der Waals surface area contributed by atoms with E-state index in [2.05, 4.69) is 17.8 Å². The largest absolute Gasteiger partial charge is 0.452 e. The molecule has 0 aliphatic heterocycles. The van der Waals surface area contributed by atoms with Crippen molar-refractivity contribution in [1.82, 2.24) is 15.8 Å². The molecular formula is C22H21N3O4S. The highest BCUT2D eigenvalue weighted by Gasteiger charge is 2.26. The van der Waals surface area contributed by atoms with Crippen molar-refractivity contribution < 1.29 is 19.1 Å². The first-order chi connectivity index (χ1) is 14.5. The third-order valence-corrected chi connectivity index (χ3v) is 5.97. The molecule has 3 aromatic rings. The summed E-state index contributed by atoms with van der Waals surface area (Å²) in [5.74, 6) is -1.15. The number of amides is 2. The lowest BCUT2D eigenvalue weighted by atomic mass is 9.84. The van der Waals surface area contributed by atoms with Crippen LogP contribution in [0.25, 0.3) is 10.9 Å². The van der Waals surface area contributed by atoms with Crippen molar-refractivity contribution in [2.45, 2.75) is 26.2 Å². The van der Waals surface area contributed by atoms with Gasteiger partial charge in [-0.15, -0.1) is 11.3 Å². The molecule has 2 amide bonds. The fourth-order valence-corrected chi connectivity index (χ4v) is 4.25. The third-order valence-electron chi connectivity index (χ3n) is 5.10.